The minimum atomic E-state index is -0.521. The molecule has 2 aliphatic rings. The molecule has 0 spiro atoms. The van der Waals surface area contributed by atoms with Gasteiger partial charge in [0, 0.05) is 24.4 Å². The summed E-state index contributed by atoms with van der Waals surface area (Å²) in [4.78, 5) is 26.8. The Balaban J connectivity index is 1.90. The zero-order valence-corrected chi connectivity index (χ0v) is 17.5. The monoisotopic (exact) mass is 411 g/mol. The van der Waals surface area contributed by atoms with Crippen molar-refractivity contribution in [1.29, 1.82) is 5.26 Å². The molecule has 2 N–H and O–H groups in total. The number of phenols is 1. The van der Waals surface area contributed by atoms with Crippen LogP contribution in [0.25, 0.3) is 0 Å². The number of phenolic OH excluding ortho intramolecular Hbond substituents is 1. The van der Waals surface area contributed by atoms with Crippen LogP contribution < -0.4 is 5.32 Å². The number of carbonyl (C=O) groups is 2. The number of likely N-dealkylation sites (tertiary alicyclic amines) is 1. The van der Waals surface area contributed by atoms with Crippen LogP contribution in [0, 0.1) is 11.3 Å². The molecule has 1 atom stereocenters. The van der Waals surface area contributed by atoms with Gasteiger partial charge >= 0.3 is 0 Å². The zero-order valence-electron chi connectivity index (χ0n) is 16.7. The zero-order chi connectivity index (χ0) is 21.0. The van der Waals surface area contributed by atoms with Crippen LogP contribution in [0.5, 0.6) is 5.75 Å². The van der Waals surface area contributed by atoms with Crippen molar-refractivity contribution in [2.24, 2.45) is 0 Å². The average Bonchev–Trinajstić information content (AvgIpc) is 2.72. The topological polar surface area (TPSA) is 93.4 Å². The number of hydrogen-bond donors (Lipinski definition) is 2. The van der Waals surface area contributed by atoms with Crippen LogP contribution >= 0.6 is 11.8 Å². The highest BCUT2D eigenvalue weighted by molar-refractivity contribution is 8.03. The predicted molar refractivity (Wildman–Crippen MR) is 113 cm³/mol. The van der Waals surface area contributed by atoms with Gasteiger partial charge in [0.05, 0.1) is 28.3 Å². The van der Waals surface area contributed by atoms with Crippen molar-refractivity contribution in [3.05, 3.63) is 51.7 Å². The van der Waals surface area contributed by atoms with E-state index in [0.717, 1.165) is 37.9 Å². The summed E-state index contributed by atoms with van der Waals surface area (Å²) in [6.45, 7) is 4.88. The molecule has 3 rings (SSSR count). The van der Waals surface area contributed by atoms with E-state index in [1.807, 2.05) is 11.8 Å². The Hall–Kier alpha value is -2.72. The number of hydrogen-bond acceptors (Lipinski definition) is 6. The summed E-state index contributed by atoms with van der Waals surface area (Å²) >= 11 is 1.31. The Kier molecular flexibility index (Phi) is 6.65. The SMILES string of the molecule is CC(=O)C1=C(C)NC(SCC(=O)N2CCCCC2)=C(C#N)[C@@H]1c1ccc(O)cc1. The smallest absolute Gasteiger partial charge is 0.232 e. The number of Topliss-reactive ketones (excluding diaryl/α,β-unsaturated/α-hetero) is 1. The molecule has 0 saturated carbocycles. The van der Waals surface area contributed by atoms with Crippen LogP contribution in [0.3, 0.4) is 0 Å². The molecule has 0 unspecified atom stereocenters. The lowest BCUT2D eigenvalue weighted by atomic mass is 9.81. The fourth-order valence-electron chi connectivity index (χ4n) is 3.86. The second kappa shape index (κ2) is 9.19. The van der Waals surface area contributed by atoms with E-state index < -0.39 is 5.92 Å². The van der Waals surface area contributed by atoms with Crippen molar-refractivity contribution in [2.75, 3.05) is 18.8 Å². The minimum absolute atomic E-state index is 0.0708. The van der Waals surface area contributed by atoms with Crippen molar-refractivity contribution in [3.8, 4) is 11.8 Å². The van der Waals surface area contributed by atoms with E-state index in [0.29, 0.717) is 21.9 Å². The standard InChI is InChI=1S/C22H25N3O3S/c1-14-20(15(2)26)21(16-6-8-17(27)9-7-16)18(12-23)22(24-14)29-13-19(28)25-10-4-3-5-11-25/h6-9,21,24,27H,3-5,10-11,13H2,1-2H3/t21-/m0/s1. The number of nitrogens with zero attached hydrogens (tertiary/aromatic N) is 2. The Labute approximate surface area is 175 Å². The van der Waals surface area contributed by atoms with Crippen LogP contribution in [0.1, 0.15) is 44.6 Å². The summed E-state index contributed by atoms with van der Waals surface area (Å²) in [5.41, 5.74) is 2.38. The molecule has 2 heterocycles. The van der Waals surface area contributed by atoms with Gasteiger partial charge in [-0.05, 0) is 50.8 Å². The number of dihydropyridines is 1. The largest absolute Gasteiger partial charge is 0.508 e. The molecule has 29 heavy (non-hydrogen) atoms. The maximum Gasteiger partial charge on any atom is 0.232 e. The van der Waals surface area contributed by atoms with Gasteiger partial charge in [-0.25, -0.2) is 0 Å². The lowest BCUT2D eigenvalue weighted by Crippen LogP contribution is -2.37. The van der Waals surface area contributed by atoms with Crippen molar-refractivity contribution in [1.82, 2.24) is 10.2 Å². The third kappa shape index (κ3) is 4.65. The lowest BCUT2D eigenvalue weighted by Gasteiger charge is -2.30. The molecule has 0 radical (unpaired) electrons. The van der Waals surface area contributed by atoms with Crippen molar-refractivity contribution in [3.63, 3.8) is 0 Å². The summed E-state index contributed by atoms with van der Waals surface area (Å²) < 4.78 is 0. The highest BCUT2D eigenvalue weighted by Crippen LogP contribution is 2.41. The average molecular weight is 412 g/mol. The number of ketones is 1. The van der Waals surface area contributed by atoms with E-state index in [9.17, 15) is 20.0 Å². The number of piperidine rings is 1. The number of nitrogens with one attached hydrogen (secondary N) is 1. The molecule has 0 bridgehead atoms. The highest BCUT2D eigenvalue weighted by Gasteiger charge is 2.33. The van der Waals surface area contributed by atoms with Gasteiger partial charge in [-0.2, -0.15) is 5.26 Å². The molecule has 1 aromatic rings. The molecule has 0 aromatic heterocycles. The molecule has 1 aromatic carbocycles. The number of aromatic hydroxyl groups is 1. The number of thioether (sulfide) groups is 1. The van der Waals surface area contributed by atoms with Gasteiger partial charge in [-0.1, -0.05) is 23.9 Å². The first kappa shape index (κ1) is 21.0. The van der Waals surface area contributed by atoms with Crippen molar-refractivity contribution >= 4 is 23.5 Å². The van der Waals surface area contributed by atoms with E-state index in [1.54, 1.807) is 24.3 Å². The van der Waals surface area contributed by atoms with Crippen molar-refractivity contribution in [2.45, 2.75) is 39.0 Å². The molecule has 1 saturated heterocycles. The number of benzene rings is 1. The molecule has 7 heteroatoms. The van der Waals surface area contributed by atoms with Gasteiger partial charge in [-0.15, -0.1) is 0 Å². The van der Waals surface area contributed by atoms with E-state index >= 15 is 0 Å². The summed E-state index contributed by atoms with van der Waals surface area (Å²) in [5, 5.41) is 23.3. The maximum absolute atomic E-state index is 12.6. The number of nitriles is 1. The molecule has 0 aliphatic carbocycles. The molecule has 6 nitrogen and oxygen atoms in total. The fraction of sp³-hybridized carbons (Fsp3) is 0.409. The van der Waals surface area contributed by atoms with Crippen LogP contribution in [0.2, 0.25) is 0 Å². The summed E-state index contributed by atoms with van der Waals surface area (Å²) in [6, 6.07) is 8.79. The quantitative estimate of drug-likeness (QED) is 0.771. The predicted octanol–water partition coefficient (Wildman–Crippen LogP) is 3.42. The number of carbonyl (C=O) groups excluding carboxylic acids is 2. The van der Waals surface area contributed by atoms with Gasteiger partial charge in [0.1, 0.15) is 5.75 Å². The molecule has 1 fully saturated rings. The maximum atomic E-state index is 12.6. The van der Waals surface area contributed by atoms with Crippen molar-refractivity contribution < 1.29 is 14.7 Å². The van der Waals surface area contributed by atoms with E-state index in [-0.39, 0.29) is 23.2 Å². The van der Waals surface area contributed by atoms with Gasteiger partial charge < -0.3 is 15.3 Å². The van der Waals surface area contributed by atoms with Gasteiger partial charge in [-0.3, -0.25) is 9.59 Å². The van der Waals surface area contributed by atoms with Crippen LogP contribution in [-0.2, 0) is 9.59 Å². The van der Waals surface area contributed by atoms with E-state index in [4.69, 9.17) is 0 Å². The van der Waals surface area contributed by atoms with Crippen LogP contribution in [-0.4, -0.2) is 40.5 Å². The number of amides is 1. The van der Waals surface area contributed by atoms with Gasteiger partial charge in [0.15, 0.2) is 5.78 Å². The minimum Gasteiger partial charge on any atom is -0.508 e. The molecule has 2 aliphatic heterocycles. The Morgan fingerprint density at radius 1 is 1.24 bits per heavy atom. The van der Waals surface area contributed by atoms with Gasteiger partial charge in [0.2, 0.25) is 5.91 Å². The second-order valence-corrected chi connectivity index (χ2v) is 8.31. The first-order chi connectivity index (χ1) is 13.9. The summed E-state index contributed by atoms with van der Waals surface area (Å²) in [6.07, 6.45) is 3.23. The third-order valence-electron chi connectivity index (χ3n) is 5.30. The molecular formula is C22H25N3O3S. The lowest BCUT2D eigenvalue weighted by molar-refractivity contribution is -0.129. The highest BCUT2D eigenvalue weighted by atomic mass is 32.2. The molecular weight excluding hydrogens is 386 g/mol. The summed E-state index contributed by atoms with van der Waals surface area (Å²) in [5.74, 6) is -0.196. The summed E-state index contributed by atoms with van der Waals surface area (Å²) in [7, 11) is 0. The second-order valence-electron chi connectivity index (χ2n) is 7.33. The Bertz CT molecular complexity index is 906. The molecule has 152 valence electrons. The number of rotatable bonds is 5. The van der Waals surface area contributed by atoms with Gasteiger partial charge in [0.25, 0.3) is 0 Å². The number of allylic oxidation sites excluding steroid dienone is 3. The van der Waals surface area contributed by atoms with Crippen LogP contribution in [0.4, 0.5) is 0 Å². The van der Waals surface area contributed by atoms with Crippen LogP contribution in [0.15, 0.2) is 46.1 Å². The first-order valence-electron chi connectivity index (χ1n) is 9.75. The van der Waals surface area contributed by atoms with E-state index in [2.05, 4.69) is 11.4 Å². The molecule has 1 amide bonds. The Morgan fingerprint density at radius 2 is 1.90 bits per heavy atom. The Morgan fingerprint density at radius 3 is 2.48 bits per heavy atom. The third-order valence-corrected chi connectivity index (χ3v) is 6.30. The first-order valence-corrected chi connectivity index (χ1v) is 10.7. The van der Waals surface area contributed by atoms with E-state index in [1.165, 1.54) is 18.7 Å². The normalized spacial score (nSPS) is 19.6. The fourth-order valence-corrected chi connectivity index (χ4v) is 4.86.